The van der Waals surface area contributed by atoms with E-state index in [9.17, 15) is 18.0 Å². The van der Waals surface area contributed by atoms with Crippen molar-refractivity contribution in [2.45, 2.75) is 26.2 Å². The van der Waals surface area contributed by atoms with Crippen molar-refractivity contribution in [3.8, 4) is 0 Å². The van der Waals surface area contributed by atoms with Crippen LogP contribution >= 0.6 is 0 Å². The second-order valence-corrected chi connectivity index (χ2v) is 6.65. The van der Waals surface area contributed by atoms with Gasteiger partial charge in [0.05, 0.1) is 25.9 Å². The Hall–Kier alpha value is -1.11. The van der Waals surface area contributed by atoms with Gasteiger partial charge in [-0.25, -0.2) is 8.42 Å². The van der Waals surface area contributed by atoms with Crippen molar-refractivity contribution in [2.75, 3.05) is 25.2 Å². The van der Waals surface area contributed by atoms with E-state index in [2.05, 4.69) is 9.47 Å². The molecule has 7 heteroatoms. The summed E-state index contributed by atoms with van der Waals surface area (Å²) < 4.78 is 32.7. The van der Waals surface area contributed by atoms with E-state index in [1.165, 1.54) is 7.11 Å². The van der Waals surface area contributed by atoms with Gasteiger partial charge in [0.15, 0.2) is 9.84 Å². The van der Waals surface area contributed by atoms with Crippen LogP contribution in [0, 0.1) is 5.41 Å². The maximum atomic E-state index is 11.8. The minimum atomic E-state index is -3.53. The third kappa shape index (κ3) is 4.64. The molecule has 18 heavy (non-hydrogen) atoms. The molecule has 0 amide bonds. The van der Waals surface area contributed by atoms with Crippen LogP contribution < -0.4 is 0 Å². The van der Waals surface area contributed by atoms with E-state index < -0.39 is 32.9 Å². The van der Waals surface area contributed by atoms with Crippen LogP contribution in [-0.4, -0.2) is 45.6 Å². The predicted octanol–water partition coefficient (Wildman–Crippen LogP) is 0.308. The SMILES string of the molecule is CCOC(=O)CS(=O)(=O)CC1(CC(=O)OC)CC1. The van der Waals surface area contributed by atoms with E-state index >= 15 is 0 Å². The molecule has 0 aromatic carbocycles. The first-order valence-electron chi connectivity index (χ1n) is 5.75. The van der Waals surface area contributed by atoms with Crippen LogP contribution in [0.15, 0.2) is 0 Å². The number of carbonyl (C=O) groups excluding carboxylic acids is 2. The second-order valence-electron chi connectivity index (χ2n) is 4.59. The molecule has 1 aliphatic rings. The molecule has 0 aromatic rings. The molecule has 0 saturated heterocycles. The quantitative estimate of drug-likeness (QED) is 0.623. The van der Waals surface area contributed by atoms with Gasteiger partial charge in [-0.3, -0.25) is 9.59 Å². The van der Waals surface area contributed by atoms with Crippen LogP contribution in [0.1, 0.15) is 26.2 Å². The van der Waals surface area contributed by atoms with Gasteiger partial charge in [0.25, 0.3) is 0 Å². The predicted molar refractivity (Wildman–Crippen MR) is 63.6 cm³/mol. The van der Waals surface area contributed by atoms with Crippen molar-refractivity contribution >= 4 is 21.8 Å². The summed E-state index contributed by atoms with van der Waals surface area (Å²) in [4.78, 5) is 22.3. The average Bonchev–Trinajstić information content (AvgIpc) is 2.95. The molecule has 0 bridgehead atoms. The summed E-state index contributed by atoms with van der Waals surface area (Å²) >= 11 is 0. The Morgan fingerprint density at radius 1 is 1.22 bits per heavy atom. The lowest BCUT2D eigenvalue weighted by atomic mass is 10.1. The largest absolute Gasteiger partial charge is 0.469 e. The third-order valence-corrected chi connectivity index (χ3v) is 4.60. The number of hydrogen-bond acceptors (Lipinski definition) is 6. The molecule has 104 valence electrons. The Bertz CT molecular complexity index is 421. The number of methoxy groups -OCH3 is 1. The van der Waals surface area contributed by atoms with E-state index in [1.54, 1.807) is 6.92 Å². The fourth-order valence-electron chi connectivity index (χ4n) is 1.83. The smallest absolute Gasteiger partial charge is 0.321 e. The molecule has 0 heterocycles. The summed E-state index contributed by atoms with van der Waals surface area (Å²) in [6, 6.07) is 0. The molecule has 0 aromatic heterocycles. The number of ether oxygens (including phenoxy) is 2. The van der Waals surface area contributed by atoms with Crippen molar-refractivity contribution in [1.29, 1.82) is 0 Å². The Labute approximate surface area is 107 Å². The maximum absolute atomic E-state index is 11.8. The zero-order valence-electron chi connectivity index (χ0n) is 10.6. The summed E-state index contributed by atoms with van der Waals surface area (Å²) in [5.41, 5.74) is -0.529. The van der Waals surface area contributed by atoms with E-state index in [4.69, 9.17) is 0 Å². The summed E-state index contributed by atoms with van der Waals surface area (Å²) in [6.07, 6.45) is 1.43. The molecule has 0 atom stereocenters. The number of hydrogen-bond donors (Lipinski definition) is 0. The average molecular weight is 278 g/mol. The van der Waals surface area contributed by atoms with Crippen LogP contribution in [-0.2, 0) is 28.9 Å². The molecular formula is C11H18O6S. The van der Waals surface area contributed by atoms with E-state index in [-0.39, 0.29) is 18.8 Å². The third-order valence-electron chi connectivity index (χ3n) is 2.87. The summed E-state index contributed by atoms with van der Waals surface area (Å²) in [5, 5.41) is 0. The Kier molecular flexibility index (Phi) is 4.72. The molecule has 0 radical (unpaired) electrons. The van der Waals surface area contributed by atoms with Crippen LogP contribution in [0.5, 0.6) is 0 Å². The first-order chi connectivity index (χ1) is 8.32. The highest BCUT2D eigenvalue weighted by Crippen LogP contribution is 2.50. The minimum absolute atomic E-state index is 0.0888. The molecular weight excluding hydrogens is 260 g/mol. The first kappa shape index (κ1) is 14.9. The minimum Gasteiger partial charge on any atom is -0.469 e. The second kappa shape index (κ2) is 5.69. The van der Waals surface area contributed by atoms with Crippen molar-refractivity contribution in [3.05, 3.63) is 0 Å². The van der Waals surface area contributed by atoms with E-state index in [1.807, 2.05) is 0 Å². The van der Waals surface area contributed by atoms with Gasteiger partial charge < -0.3 is 9.47 Å². The number of carbonyl (C=O) groups is 2. The zero-order chi connectivity index (χ0) is 13.8. The van der Waals surface area contributed by atoms with Crippen molar-refractivity contribution < 1.29 is 27.5 Å². The molecule has 0 N–H and O–H groups in total. The van der Waals surface area contributed by atoms with Gasteiger partial charge in [-0.1, -0.05) is 0 Å². The maximum Gasteiger partial charge on any atom is 0.321 e. The van der Waals surface area contributed by atoms with Gasteiger partial charge in [-0.15, -0.1) is 0 Å². The number of sulfone groups is 1. The molecule has 6 nitrogen and oxygen atoms in total. The van der Waals surface area contributed by atoms with E-state index in [0.717, 1.165) is 0 Å². The zero-order valence-corrected chi connectivity index (χ0v) is 11.4. The fraction of sp³-hybridized carbons (Fsp3) is 0.818. The van der Waals surface area contributed by atoms with Gasteiger partial charge in [-0.05, 0) is 25.2 Å². The van der Waals surface area contributed by atoms with Gasteiger partial charge in [0.2, 0.25) is 0 Å². The lowest BCUT2D eigenvalue weighted by molar-refractivity contribution is -0.142. The van der Waals surface area contributed by atoms with Crippen molar-refractivity contribution in [1.82, 2.24) is 0 Å². The first-order valence-corrected chi connectivity index (χ1v) is 7.57. The van der Waals surface area contributed by atoms with Crippen molar-refractivity contribution in [2.24, 2.45) is 5.41 Å². The van der Waals surface area contributed by atoms with Gasteiger partial charge in [-0.2, -0.15) is 0 Å². The molecule has 1 fully saturated rings. The van der Waals surface area contributed by atoms with Crippen LogP contribution in [0.2, 0.25) is 0 Å². The topological polar surface area (TPSA) is 86.7 Å². The van der Waals surface area contributed by atoms with Gasteiger partial charge >= 0.3 is 11.9 Å². The van der Waals surface area contributed by atoms with E-state index in [0.29, 0.717) is 12.8 Å². The Morgan fingerprint density at radius 3 is 2.28 bits per heavy atom. The van der Waals surface area contributed by atoms with Crippen LogP contribution in [0.25, 0.3) is 0 Å². The lowest BCUT2D eigenvalue weighted by Crippen LogP contribution is -2.27. The molecule has 1 saturated carbocycles. The Morgan fingerprint density at radius 2 is 1.83 bits per heavy atom. The normalized spacial score (nSPS) is 17.0. The molecule has 1 aliphatic carbocycles. The lowest BCUT2D eigenvalue weighted by Gasteiger charge is -2.13. The molecule has 1 rings (SSSR count). The van der Waals surface area contributed by atoms with Crippen LogP contribution in [0.3, 0.4) is 0 Å². The number of rotatable bonds is 7. The summed E-state index contributed by atoms with van der Waals surface area (Å²) in [7, 11) is -2.26. The van der Waals surface area contributed by atoms with Gasteiger partial charge in [0.1, 0.15) is 5.75 Å². The fourth-order valence-corrected chi connectivity index (χ4v) is 3.70. The highest BCUT2D eigenvalue weighted by Gasteiger charge is 2.48. The molecule has 0 spiro atoms. The van der Waals surface area contributed by atoms with Gasteiger partial charge in [0, 0.05) is 0 Å². The molecule has 0 unspecified atom stereocenters. The Balaban J connectivity index is 2.55. The highest BCUT2D eigenvalue weighted by molar-refractivity contribution is 7.92. The summed E-state index contributed by atoms with van der Waals surface area (Å²) in [5.74, 6) is -1.94. The monoisotopic (exact) mass is 278 g/mol. The van der Waals surface area contributed by atoms with Crippen LogP contribution in [0.4, 0.5) is 0 Å². The van der Waals surface area contributed by atoms with Crippen molar-refractivity contribution in [3.63, 3.8) is 0 Å². The molecule has 0 aliphatic heterocycles. The summed E-state index contributed by atoms with van der Waals surface area (Å²) in [6.45, 7) is 1.77. The highest BCUT2D eigenvalue weighted by atomic mass is 32.2. The standard InChI is InChI=1S/C11H18O6S/c1-3-17-10(13)7-18(14,15)8-11(4-5-11)6-9(12)16-2/h3-8H2,1-2H3. The number of esters is 2.